The molecule has 0 spiro atoms. The van der Waals surface area contributed by atoms with Gasteiger partial charge >= 0.3 is 0 Å². The Kier molecular flexibility index (Phi) is 5.23. The molecular formula is C18H21FN4O2. The first-order valence-electron chi connectivity index (χ1n) is 8.31. The Bertz CT molecular complexity index is 743. The Morgan fingerprint density at radius 3 is 2.72 bits per heavy atom. The molecular weight excluding hydrogens is 323 g/mol. The van der Waals surface area contributed by atoms with E-state index in [1.807, 2.05) is 4.90 Å². The summed E-state index contributed by atoms with van der Waals surface area (Å²) in [5.41, 5.74) is 2.17. The summed E-state index contributed by atoms with van der Waals surface area (Å²) in [6, 6.07) is 4.95. The number of nitrogens with zero attached hydrogens (tertiary/aromatic N) is 3. The summed E-state index contributed by atoms with van der Waals surface area (Å²) in [6.45, 7) is 3.28. The summed E-state index contributed by atoms with van der Waals surface area (Å²) in [5.74, 6) is -0.666. The van der Waals surface area contributed by atoms with Crippen LogP contribution < -0.4 is 10.2 Å². The molecule has 2 N–H and O–H groups in total. The van der Waals surface area contributed by atoms with E-state index in [9.17, 15) is 14.3 Å². The third kappa shape index (κ3) is 4.30. The van der Waals surface area contributed by atoms with Crippen molar-refractivity contribution in [2.75, 3.05) is 18.0 Å². The third-order valence-corrected chi connectivity index (χ3v) is 4.28. The number of hydrogen-bond donors (Lipinski definition) is 2. The number of aliphatic hydroxyl groups is 1. The summed E-state index contributed by atoms with van der Waals surface area (Å²) in [7, 11) is 0. The molecule has 0 aliphatic carbocycles. The first-order valence-corrected chi connectivity index (χ1v) is 8.31. The number of anilines is 1. The van der Waals surface area contributed by atoms with E-state index >= 15 is 0 Å². The second kappa shape index (κ2) is 7.57. The second-order valence-electron chi connectivity index (χ2n) is 6.23. The maximum atomic E-state index is 14.4. The smallest absolute Gasteiger partial charge is 0.271 e. The van der Waals surface area contributed by atoms with Gasteiger partial charge in [-0.15, -0.1) is 0 Å². The van der Waals surface area contributed by atoms with E-state index in [0.29, 0.717) is 37.2 Å². The van der Waals surface area contributed by atoms with Gasteiger partial charge in [0.25, 0.3) is 5.91 Å². The molecule has 25 heavy (non-hydrogen) atoms. The van der Waals surface area contributed by atoms with Crippen LogP contribution in [0.4, 0.5) is 10.1 Å². The fourth-order valence-electron chi connectivity index (χ4n) is 2.81. The van der Waals surface area contributed by atoms with E-state index in [4.69, 9.17) is 0 Å². The average Bonchev–Trinajstić information content (AvgIpc) is 2.61. The van der Waals surface area contributed by atoms with Crippen LogP contribution in [-0.2, 0) is 6.54 Å². The highest BCUT2D eigenvalue weighted by molar-refractivity contribution is 5.91. The molecule has 1 aliphatic heterocycles. The van der Waals surface area contributed by atoms with Gasteiger partial charge in [0, 0.05) is 25.8 Å². The predicted molar refractivity (Wildman–Crippen MR) is 91.8 cm³/mol. The lowest BCUT2D eigenvalue weighted by molar-refractivity contribution is 0.0945. The highest BCUT2D eigenvalue weighted by Crippen LogP contribution is 2.24. The molecule has 0 radical (unpaired) electrons. The lowest BCUT2D eigenvalue weighted by Gasteiger charge is -2.31. The van der Waals surface area contributed by atoms with Crippen molar-refractivity contribution >= 4 is 11.6 Å². The van der Waals surface area contributed by atoms with E-state index < -0.39 is 0 Å². The molecule has 0 atom stereocenters. The number of carbonyl (C=O) groups is 1. The molecule has 2 aromatic rings. The summed E-state index contributed by atoms with van der Waals surface area (Å²) in [5, 5.41) is 12.3. The Balaban J connectivity index is 1.61. The zero-order chi connectivity index (χ0) is 17.8. The summed E-state index contributed by atoms with van der Waals surface area (Å²) in [4.78, 5) is 22.0. The van der Waals surface area contributed by atoms with E-state index in [2.05, 4.69) is 15.3 Å². The fourth-order valence-corrected chi connectivity index (χ4v) is 2.81. The molecule has 3 rings (SSSR count). The molecule has 0 bridgehead atoms. The standard InChI is InChI=1S/C18H21FN4O2/c1-12-9-21-16(11-20-12)18(25)22-10-13-2-3-17(15(19)8-13)23-6-4-14(24)5-7-23/h2-3,8-9,11,14,24H,4-7,10H2,1H3,(H,22,25). The van der Waals surface area contributed by atoms with Crippen LogP contribution in [0.3, 0.4) is 0 Å². The zero-order valence-electron chi connectivity index (χ0n) is 14.1. The number of aryl methyl sites for hydroxylation is 1. The largest absolute Gasteiger partial charge is 0.393 e. The molecule has 1 amide bonds. The van der Waals surface area contributed by atoms with Crippen LogP contribution in [-0.4, -0.2) is 40.2 Å². The Hall–Kier alpha value is -2.54. The van der Waals surface area contributed by atoms with Gasteiger partial charge in [-0.05, 0) is 37.5 Å². The molecule has 132 valence electrons. The molecule has 0 saturated carbocycles. The Morgan fingerprint density at radius 2 is 2.08 bits per heavy atom. The van der Waals surface area contributed by atoms with Crippen LogP contribution in [0.2, 0.25) is 0 Å². The van der Waals surface area contributed by atoms with Gasteiger partial charge in [0.1, 0.15) is 11.5 Å². The minimum Gasteiger partial charge on any atom is -0.393 e. The van der Waals surface area contributed by atoms with Crippen molar-refractivity contribution in [2.45, 2.75) is 32.4 Å². The number of amides is 1. The maximum absolute atomic E-state index is 14.4. The molecule has 7 heteroatoms. The van der Waals surface area contributed by atoms with Gasteiger partial charge < -0.3 is 15.3 Å². The van der Waals surface area contributed by atoms with Crippen LogP contribution in [0.1, 0.15) is 34.6 Å². The monoisotopic (exact) mass is 344 g/mol. The highest BCUT2D eigenvalue weighted by atomic mass is 19.1. The van der Waals surface area contributed by atoms with Gasteiger partial charge in [0.05, 0.1) is 23.7 Å². The minimum absolute atomic E-state index is 0.213. The van der Waals surface area contributed by atoms with Gasteiger partial charge in [-0.2, -0.15) is 0 Å². The van der Waals surface area contributed by atoms with Crippen LogP contribution in [0.5, 0.6) is 0 Å². The molecule has 1 aromatic heterocycles. The third-order valence-electron chi connectivity index (χ3n) is 4.28. The molecule has 0 unspecified atom stereocenters. The van der Waals surface area contributed by atoms with Crippen molar-refractivity contribution in [3.8, 4) is 0 Å². The first-order chi connectivity index (χ1) is 12.0. The molecule has 6 nitrogen and oxygen atoms in total. The summed E-state index contributed by atoms with van der Waals surface area (Å²) < 4.78 is 14.4. The number of hydrogen-bond acceptors (Lipinski definition) is 5. The number of nitrogens with one attached hydrogen (secondary N) is 1. The van der Waals surface area contributed by atoms with Gasteiger partial charge in [-0.3, -0.25) is 9.78 Å². The molecule has 1 fully saturated rings. The Morgan fingerprint density at radius 1 is 1.32 bits per heavy atom. The number of aromatic nitrogens is 2. The fraction of sp³-hybridized carbons (Fsp3) is 0.389. The second-order valence-corrected chi connectivity index (χ2v) is 6.23. The van der Waals surface area contributed by atoms with Crippen molar-refractivity contribution in [1.29, 1.82) is 0 Å². The van der Waals surface area contributed by atoms with Crippen molar-refractivity contribution in [3.05, 3.63) is 53.4 Å². The van der Waals surface area contributed by atoms with Gasteiger partial charge in [0.2, 0.25) is 0 Å². The number of carbonyl (C=O) groups excluding carboxylic acids is 1. The van der Waals surface area contributed by atoms with Crippen LogP contribution >= 0.6 is 0 Å². The molecule has 2 heterocycles. The number of rotatable bonds is 4. The normalized spacial score (nSPS) is 15.2. The quantitative estimate of drug-likeness (QED) is 0.884. The predicted octanol–water partition coefficient (Wildman–Crippen LogP) is 1.82. The van der Waals surface area contributed by atoms with Crippen LogP contribution in [0, 0.1) is 12.7 Å². The number of piperidine rings is 1. The summed E-state index contributed by atoms with van der Waals surface area (Å²) >= 11 is 0. The number of aliphatic hydroxyl groups excluding tert-OH is 1. The van der Waals surface area contributed by atoms with Crippen molar-refractivity contribution < 1.29 is 14.3 Å². The van der Waals surface area contributed by atoms with Gasteiger partial charge in [-0.1, -0.05) is 6.07 Å². The lowest BCUT2D eigenvalue weighted by Crippen LogP contribution is -2.36. The summed E-state index contributed by atoms with van der Waals surface area (Å²) in [6.07, 6.45) is 3.94. The molecule has 1 saturated heterocycles. The van der Waals surface area contributed by atoms with E-state index in [1.165, 1.54) is 18.5 Å². The van der Waals surface area contributed by atoms with Crippen molar-refractivity contribution in [3.63, 3.8) is 0 Å². The Labute approximate surface area is 145 Å². The zero-order valence-corrected chi connectivity index (χ0v) is 14.1. The maximum Gasteiger partial charge on any atom is 0.271 e. The highest BCUT2D eigenvalue weighted by Gasteiger charge is 2.19. The molecule has 1 aliphatic rings. The number of benzene rings is 1. The number of halogens is 1. The van der Waals surface area contributed by atoms with Gasteiger partial charge in [-0.25, -0.2) is 9.37 Å². The average molecular weight is 344 g/mol. The van der Waals surface area contributed by atoms with Crippen molar-refractivity contribution in [2.24, 2.45) is 0 Å². The van der Waals surface area contributed by atoms with E-state index in [-0.39, 0.29) is 30.1 Å². The van der Waals surface area contributed by atoms with E-state index in [1.54, 1.807) is 19.1 Å². The minimum atomic E-state index is -0.345. The molecule has 1 aromatic carbocycles. The topological polar surface area (TPSA) is 78.4 Å². The lowest BCUT2D eigenvalue weighted by atomic mass is 10.1. The SMILES string of the molecule is Cc1cnc(C(=O)NCc2ccc(N3CCC(O)CC3)c(F)c2)cn1. The first kappa shape index (κ1) is 17.3. The van der Waals surface area contributed by atoms with E-state index in [0.717, 1.165) is 5.69 Å². The van der Waals surface area contributed by atoms with Crippen LogP contribution in [0.25, 0.3) is 0 Å². The van der Waals surface area contributed by atoms with Crippen LogP contribution in [0.15, 0.2) is 30.6 Å². The van der Waals surface area contributed by atoms with Crippen molar-refractivity contribution in [1.82, 2.24) is 15.3 Å². The van der Waals surface area contributed by atoms with Gasteiger partial charge in [0.15, 0.2) is 0 Å².